The van der Waals surface area contributed by atoms with Gasteiger partial charge in [0.25, 0.3) is 0 Å². The zero-order chi connectivity index (χ0) is 9.64. The molecule has 0 saturated carbocycles. The van der Waals surface area contributed by atoms with Gasteiger partial charge in [0, 0.05) is 17.5 Å². The van der Waals surface area contributed by atoms with Crippen LogP contribution in [0.3, 0.4) is 0 Å². The van der Waals surface area contributed by atoms with Crippen molar-refractivity contribution in [3.8, 4) is 0 Å². The third-order valence-corrected chi connectivity index (χ3v) is 2.84. The second-order valence-electron chi connectivity index (χ2n) is 2.91. The molecule has 0 saturated heterocycles. The minimum absolute atomic E-state index is 0.923. The lowest BCUT2D eigenvalue weighted by molar-refractivity contribution is 1.45. The summed E-state index contributed by atoms with van der Waals surface area (Å²) in [6.45, 7) is 0. The highest BCUT2D eigenvalue weighted by Crippen LogP contribution is 2.21. The standard InChI is InChI=1S/C12H11NS/c1-3-7-11(8-4-1)14-12-9-5-2-6-10-13-12/h1-8,10H,9H2. The van der Waals surface area contributed by atoms with Crippen molar-refractivity contribution in [3.63, 3.8) is 0 Å². The molecule has 1 heterocycles. The topological polar surface area (TPSA) is 12.4 Å². The Morgan fingerprint density at radius 3 is 2.79 bits per heavy atom. The number of hydrogen-bond acceptors (Lipinski definition) is 2. The summed E-state index contributed by atoms with van der Waals surface area (Å²) < 4.78 is 0. The predicted molar refractivity (Wildman–Crippen MR) is 62.6 cm³/mol. The van der Waals surface area contributed by atoms with Crippen molar-refractivity contribution in [1.29, 1.82) is 0 Å². The fourth-order valence-electron chi connectivity index (χ4n) is 1.17. The summed E-state index contributed by atoms with van der Waals surface area (Å²) in [5.74, 6) is 0. The van der Waals surface area contributed by atoms with Crippen LogP contribution < -0.4 is 0 Å². The maximum absolute atomic E-state index is 4.36. The molecule has 2 heteroatoms. The van der Waals surface area contributed by atoms with Gasteiger partial charge in [-0.05, 0) is 18.2 Å². The summed E-state index contributed by atoms with van der Waals surface area (Å²) >= 11 is 1.73. The van der Waals surface area contributed by atoms with E-state index in [9.17, 15) is 0 Å². The van der Waals surface area contributed by atoms with Gasteiger partial charge in [-0.15, -0.1) is 0 Å². The lowest BCUT2D eigenvalue weighted by Gasteiger charge is -2.01. The Balaban J connectivity index is 2.08. The third-order valence-electron chi connectivity index (χ3n) is 1.82. The maximum atomic E-state index is 4.36. The van der Waals surface area contributed by atoms with Gasteiger partial charge in [-0.1, -0.05) is 42.1 Å². The highest BCUT2D eigenvalue weighted by atomic mass is 32.2. The van der Waals surface area contributed by atoms with Crippen LogP contribution in [0.5, 0.6) is 0 Å². The molecule has 0 aliphatic carbocycles. The zero-order valence-electron chi connectivity index (χ0n) is 7.76. The summed E-state index contributed by atoms with van der Waals surface area (Å²) in [6.07, 6.45) is 8.88. The van der Waals surface area contributed by atoms with E-state index in [1.807, 2.05) is 36.6 Å². The lowest BCUT2D eigenvalue weighted by atomic mass is 10.4. The van der Waals surface area contributed by atoms with E-state index in [1.165, 1.54) is 4.90 Å². The molecule has 1 aliphatic heterocycles. The third kappa shape index (κ3) is 2.60. The summed E-state index contributed by atoms with van der Waals surface area (Å²) in [7, 11) is 0. The number of aliphatic imine (C=N–C) groups is 1. The fraction of sp³-hybridized carbons (Fsp3) is 0.0833. The van der Waals surface area contributed by atoms with Gasteiger partial charge in [0.1, 0.15) is 0 Å². The van der Waals surface area contributed by atoms with Crippen LogP contribution in [0, 0.1) is 0 Å². The lowest BCUT2D eigenvalue weighted by Crippen LogP contribution is -1.87. The van der Waals surface area contributed by atoms with Crippen molar-refractivity contribution < 1.29 is 0 Å². The average Bonchev–Trinajstić information content (AvgIpc) is 2.48. The number of hydrogen-bond donors (Lipinski definition) is 0. The van der Waals surface area contributed by atoms with Crippen LogP contribution in [0.2, 0.25) is 0 Å². The number of benzene rings is 1. The predicted octanol–water partition coefficient (Wildman–Crippen LogP) is 3.65. The molecule has 0 spiro atoms. The van der Waals surface area contributed by atoms with Gasteiger partial charge in [-0.2, -0.15) is 0 Å². The summed E-state index contributed by atoms with van der Waals surface area (Å²) in [5, 5.41) is 1.14. The van der Waals surface area contributed by atoms with Crippen LogP contribution in [-0.4, -0.2) is 5.04 Å². The van der Waals surface area contributed by atoms with Gasteiger partial charge in [0.2, 0.25) is 0 Å². The molecule has 0 N–H and O–H groups in total. The van der Waals surface area contributed by atoms with Crippen LogP contribution in [0.1, 0.15) is 6.42 Å². The molecule has 2 rings (SSSR count). The molecule has 70 valence electrons. The first kappa shape index (κ1) is 9.28. The molecular formula is C12H11NS. The number of allylic oxidation sites excluding steroid dienone is 3. The SMILES string of the molecule is C1=CCC(Sc2ccccc2)=NC=C1. The number of rotatable bonds is 1. The molecule has 0 amide bonds. The molecule has 0 fully saturated rings. The van der Waals surface area contributed by atoms with Crippen molar-refractivity contribution >= 4 is 16.8 Å². The van der Waals surface area contributed by atoms with E-state index in [0.29, 0.717) is 0 Å². The highest BCUT2D eigenvalue weighted by Gasteiger charge is 2.00. The Morgan fingerprint density at radius 2 is 1.93 bits per heavy atom. The molecule has 0 bridgehead atoms. The first-order chi connectivity index (χ1) is 6.95. The smallest absolute Gasteiger partial charge is 0.0816 e. The molecule has 1 aromatic carbocycles. The minimum Gasteiger partial charge on any atom is -0.254 e. The largest absolute Gasteiger partial charge is 0.254 e. The zero-order valence-corrected chi connectivity index (χ0v) is 8.58. The first-order valence-electron chi connectivity index (χ1n) is 4.56. The molecule has 0 unspecified atom stereocenters. The van der Waals surface area contributed by atoms with Gasteiger partial charge in [-0.25, -0.2) is 0 Å². The van der Waals surface area contributed by atoms with Crippen LogP contribution in [0.25, 0.3) is 0 Å². The molecular weight excluding hydrogens is 190 g/mol. The monoisotopic (exact) mass is 201 g/mol. The fourth-order valence-corrected chi connectivity index (χ4v) is 2.03. The van der Waals surface area contributed by atoms with E-state index in [1.54, 1.807) is 11.8 Å². The van der Waals surface area contributed by atoms with Crippen LogP contribution in [0.4, 0.5) is 0 Å². The Labute approximate surface area is 88.3 Å². The second kappa shape index (κ2) is 4.82. The van der Waals surface area contributed by atoms with Gasteiger partial charge < -0.3 is 0 Å². The number of nitrogens with zero attached hydrogens (tertiary/aromatic N) is 1. The van der Waals surface area contributed by atoms with Crippen LogP contribution >= 0.6 is 11.8 Å². The molecule has 0 atom stereocenters. The molecule has 1 aromatic rings. The minimum atomic E-state index is 0.923. The first-order valence-corrected chi connectivity index (χ1v) is 5.38. The Morgan fingerprint density at radius 1 is 1.07 bits per heavy atom. The van der Waals surface area contributed by atoms with Crippen molar-refractivity contribution in [2.24, 2.45) is 4.99 Å². The molecule has 1 aliphatic rings. The van der Waals surface area contributed by atoms with E-state index in [4.69, 9.17) is 0 Å². The Bertz CT molecular complexity index is 377. The van der Waals surface area contributed by atoms with Gasteiger partial charge >= 0.3 is 0 Å². The highest BCUT2D eigenvalue weighted by molar-refractivity contribution is 8.14. The van der Waals surface area contributed by atoms with Gasteiger partial charge in [0.05, 0.1) is 5.04 Å². The Hall–Kier alpha value is -1.28. The van der Waals surface area contributed by atoms with Crippen molar-refractivity contribution in [2.45, 2.75) is 11.3 Å². The molecule has 14 heavy (non-hydrogen) atoms. The number of thioether (sulfide) groups is 1. The van der Waals surface area contributed by atoms with Crippen LogP contribution in [0.15, 0.2) is 64.6 Å². The van der Waals surface area contributed by atoms with Gasteiger partial charge in [-0.3, -0.25) is 4.99 Å². The maximum Gasteiger partial charge on any atom is 0.0816 e. The van der Waals surface area contributed by atoms with E-state index in [0.717, 1.165) is 11.5 Å². The van der Waals surface area contributed by atoms with Crippen molar-refractivity contribution in [3.05, 3.63) is 54.8 Å². The molecule has 0 radical (unpaired) electrons. The quantitative estimate of drug-likeness (QED) is 0.675. The molecule has 1 nitrogen and oxygen atoms in total. The van der Waals surface area contributed by atoms with Crippen LogP contribution in [-0.2, 0) is 0 Å². The van der Waals surface area contributed by atoms with Crippen molar-refractivity contribution in [2.75, 3.05) is 0 Å². The van der Waals surface area contributed by atoms with E-state index >= 15 is 0 Å². The second-order valence-corrected chi connectivity index (χ2v) is 4.06. The van der Waals surface area contributed by atoms with E-state index in [-0.39, 0.29) is 0 Å². The summed E-state index contributed by atoms with van der Waals surface area (Å²) in [6, 6.07) is 10.3. The van der Waals surface area contributed by atoms with E-state index in [2.05, 4.69) is 23.2 Å². The summed E-state index contributed by atoms with van der Waals surface area (Å²) in [5.41, 5.74) is 0. The summed E-state index contributed by atoms with van der Waals surface area (Å²) in [4.78, 5) is 5.60. The normalized spacial score (nSPS) is 15.0. The van der Waals surface area contributed by atoms with Gasteiger partial charge in [0.15, 0.2) is 0 Å². The van der Waals surface area contributed by atoms with Crippen molar-refractivity contribution in [1.82, 2.24) is 0 Å². The molecule has 0 aromatic heterocycles. The Kier molecular flexibility index (Phi) is 3.19. The average molecular weight is 201 g/mol. The van der Waals surface area contributed by atoms with E-state index < -0.39 is 0 Å².